The van der Waals surface area contributed by atoms with Gasteiger partial charge in [-0.3, -0.25) is 0 Å². The highest BCUT2D eigenvalue weighted by Gasteiger charge is 2.22. The largest absolute Gasteiger partial charge is 0.480 e. The monoisotopic (exact) mass is 282 g/mol. The Morgan fingerprint density at radius 3 is 2.55 bits per heavy atom. The van der Waals surface area contributed by atoms with Crippen molar-refractivity contribution in [2.75, 3.05) is 0 Å². The van der Waals surface area contributed by atoms with Gasteiger partial charge in [-0.05, 0) is 12.3 Å². The molecule has 0 aromatic carbocycles. The number of carboxylic acids is 1. The maximum atomic E-state index is 11.8. The summed E-state index contributed by atoms with van der Waals surface area (Å²) in [4.78, 5) is 29.7. The number of carbonyl (C=O) groups is 2. The van der Waals surface area contributed by atoms with E-state index < -0.39 is 18.0 Å². The average molecular weight is 282 g/mol. The molecule has 1 aromatic heterocycles. The molecule has 0 saturated heterocycles. The molecule has 1 aromatic rings. The second-order valence-electron chi connectivity index (χ2n) is 5.05. The Bertz CT molecular complexity index is 431. The molecule has 112 valence electrons. The summed E-state index contributed by atoms with van der Waals surface area (Å²) < 4.78 is 0. The summed E-state index contributed by atoms with van der Waals surface area (Å²) in [6.07, 6.45) is 3.98. The maximum Gasteiger partial charge on any atom is 0.326 e. The maximum absolute atomic E-state index is 11.8. The van der Waals surface area contributed by atoms with Crippen LogP contribution in [0.25, 0.3) is 0 Å². The molecular formula is C13H22N4O3. The predicted octanol–water partition coefficient (Wildman–Crippen LogP) is 1.14. The highest BCUT2D eigenvalue weighted by Crippen LogP contribution is 2.05. The Hall–Kier alpha value is -2.05. The molecule has 0 spiro atoms. The van der Waals surface area contributed by atoms with Crippen molar-refractivity contribution in [3.63, 3.8) is 0 Å². The second-order valence-corrected chi connectivity index (χ2v) is 5.05. The van der Waals surface area contributed by atoms with E-state index in [1.54, 1.807) is 6.20 Å². The van der Waals surface area contributed by atoms with E-state index >= 15 is 0 Å². The molecule has 1 heterocycles. The van der Waals surface area contributed by atoms with E-state index in [0.717, 1.165) is 6.42 Å². The number of nitrogens with one attached hydrogen (secondary N) is 3. The van der Waals surface area contributed by atoms with Gasteiger partial charge in [-0.25, -0.2) is 14.6 Å². The summed E-state index contributed by atoms with van der Waals surface area (Å²) in [5.41, 5.74) is 0.661. The van der Waals surface area contributed by atoms with Crippen molar-refractivity contribution in [3.05, 3.63) is 18.2 Å². The fourth-order valence-corrected chi connectivity index (χ4v) is 1.92. The van der Waals surface area contributed by atoms with Crippen molar-refractivity contribution in [1.29, 1.82) is 0 Å². The number of urea groups is 1. The van der Waals surface area contributed by atoms with Crippen LogP contribution in [0.3, 0.4) is 0 Å². The van der Waals surface area contributed by atoms with E-state index in [4.69, 9.17) is 5.11 Å². The Labute approximate surface area is 118 Å². The first kappa shape index (κ1) is 16.0. The van der Waals surface area contributed by atoms with E-state index in [1.807, 2.05) is 20.8 Å². The van der Waals surface area contributed by atoms with Crippen molar-refractivity contribution >= 4 is 12.0 Å². The van der Waals surface area contributed by atoms with Crippen LogP contribution in [0.2, 0.25) is 0 Å². The molecule has 0 saturated carbocycles. The summed E-state index contributed by atoms with van der Waals surface area (Å²) in [5, 5.41) is 14.4. The lowest BCUT2D eigenvalue weighted by Gasteiger charge is -2.22. The minimum Gasteiger partial charge on any atom is -0.480 e. The van der Waals surface area contributed by atoms with Gasteiger partial charge in [0.15, 0.2) is 0 Å². The van der Waals surface area contributed by atoms with Crippen molar-refractivity contribution in [1.82, 2.24) is 20.6 Å². The van der Waals surface area contributed by atoms with Crippen molar-refractivity contribution in [2.24, 2.45) is 5.92 Å². The fraction of sp³-hybridized carbons (Fsp3) is 0.615. The molecule has 0 aliphatic rings. The third-order valence-electron chi connectivity index (χ3n) is 3.14. The molecule has 2 amide bonds. The normalized spacial score (nSPS) is 13.8. The van der Waals surface area contributed by atoms with E-state index in [1.165, 1.54) is 6.33 Å². The number of H-pyrrole nitrogens is 1. The molecule has 7 heteroatoms. The summed E-state index contributed by atoms with van der Waals surface area (Å²) >= 11 is 0. The third kappa shape index (κ3) is 4.91. The van der Waals surface area contributed by atoms with Crippen LogP contribution in [0, 0.1) is 5.92 Å². The Morgan fingerprint density at radius 1 is 1.40 bits per heavy atom. The van der Waals surface area contributed by atoms with Crippen LogP contribution in [0.15, 0.2) is 12.5 Å². The van der Waals surface area contributed by atoms with Gasteiger partial charge in [-0.1, -0.05) is 20.8 Å². The lowest BCUT2D eigenvalue weighted by Crippen LogP contribution is -2.50. The molecular weight excluding hydrogens is 260 g/mol. The summed E-state index contributed by atoms with van der Waals surface area (Å²) in [5.74, 6) is -0.783. The molecule has 0 radical (unpaired) electrons. The standard InChI is InChI=1S/C13H22N4O3/c1-4-10(8(2)3)16-13(20)17-11(12(18)19)5-9-6-14-7-15-9/h6-8,10-11H,4-5H2,1-3H3,(H,14,15)(H,18,19)(H2,16,17,20). The number of aromatic amines is 1. The molecule has 4 N–H and O–H groups in total. The Balaban J connectivity index is 2.57. The van der Waals surface area contributed by atoms with Crippen molar-refractivity contribution in [2.45, 2.75) is 45.7 Å². The van der Waals surface area contributed by atoms with Crippen molar-refractivity contribution in [3.8, 4) is 0 Å². The summed E-state index contributed by atoms with van der Waals surface area (Å²) in [6, 6.07) is -1.42. The first-order chi connectivity index (χ1) is 9.43. The SMILES string of the molecule is CCC(NC(=O)NC(Cc1cnc[nH]1)C(=O)O)C(C)C. The second kappa shape index (κ2) is 7.52. The number of aliphatic carboxylic acids is 1. The number of carbonyl (C=O) groups excluding carboxylic acids is 1. The van der Waals surface area contributed by atoms with Gasteiger partial charge in [-0.2, -0.15) is 0 Å². The lowest BCUT2D eigenvalue weighted by atomic mass is 10.0. The topological polar surface area (TPSA) is 107 Å². The van der Waals surface area contributed by atoms with E-state index in [0.29, 0.717) is 11.6 Å². The molecule has 2 atom stereocenters. The zero-order valence-corrected chi connectivity index (χ0v) is 12.0. The number of imidazole rings is 1. The van der Waals surface area contributed by atoms with Gasteiger partial charge in [0.25, 0.3) is 0 Å². The lowest BCUT2D eigenvalue weighted by molar-refractivity contribution is -0.139. The Kier molecular flexibility index (Phi) is 6.02. The van der Waals surface area contributed by atoms with Gasteiger partial charge in [0.1, 0.15) is 6.04 Å². The summed E-state index contributed by atoms with van der Waals surface area (Å²) in [6.45, 7) is 5.99. The van der Waals surface area contributed by atoms with Crippen LogP contribution in [0.1, 0.15) is 32.9 Å². The molecule has 1 rings (SSSR count). The molecule has 0 aliphatic carbocycles. The van der Waals surface area contributed by atoms with Crippen LogP contribution in [0.4, 0.5) is 4.79 Å². The number of nitrogens with zero attached hydrogens (tertiary/aromatic N) is 1. The minimum atomic E-state index is -1.08. The van der Waals surface area contributed by atoms with Crippen LogP contribution in [-0.4, -0.2) is 39.2 Å². The van der Waals surface area contributed by atoms with E-state index in [9.17, 15) is 9.59 Å². The van der Waals surface area contributed by atoms with Crippen LogP contribution in [-0.2, 0) is 11.2 Å². The molecule has 20 heavy (non-hydrogen) atoms. The van der Waals surface area contributed by atoms with Gasteiger partial charge in [-0.15, -0.1) is 0 Å². The molecule has 0 aliphatic heterocycles. The number of carboxylic acid groups (broad SMARTS) is 1. The fourth-order valence-electron chi connectivity index (χ4n) is 1.92. The van der Waals surface area contributed by atoms with E-state index in [-0.39, 0.29) is 12.5 Å². The van der Waals surface area contributed by atoms with Gasteiger partial charge < -0.3 is 20.7 Å². The molecule has 7 nitrogen and oxygen atoms in total. The van der Waals surface area contributed by atoms with Gasteiger partial charge in [0.2, 0.25) is 0 Å². The van der Waals surface area contributed by atoms with Gasteiger partial charge >= 0.3 is 12.0 Å². The predicted molar refractivity (Wildman–Crippen MR) is 74.3 cm³/mol. The third-order valence-corrected chi connectivity index (χ3v) is 3.14. The van der Waals surface area contributed by atoms with Gasteiger partial charge in [0.05, 0.1) is 6.33 Å². The minimum absolute atomic E-state index is 0.0246. The number of hydrogen-bond donors (Lipinski definition) is 4. The number of amides is 2. The average Bonchev–Trinajstić information content (AvgIpc) is 2.87. The smallest absolute Gasteiger partial charge is 0.326 e. The van der Waals surface area contributed by atoms with Crippen molar-refractivity contribution < 1.29 is 14.7 Å². The van der Waals surface area contributed by atoms with E-state index in [2.05, 4.69) is 20.6 Å². The van der Waals surface area contributed by atoms with Crippen LogP contribution < -0.4 is 10.6 Å². The first-order valence-electron chi connectivity index (χ1n) is 6.71. The van der Waals surface area contributed by atoms with Crippen LogP contribution >= 0.6 is 0 Å². The number of hydrogen-bond acceptors (Lipinski definition) is 3. The molecule has 0 fully saturated rings. The zero-order chi connectivity index (χ0) is 15.1. The van der Waals surface area contributed by atoms with Crippen LogP contribution in [0.5, 0.6) is 0 Å². The number of rotatable bonds is 7. The highest BCUT2D eigenvalue weighted by atomic mass is 16.4. The summed E-state index contributed by atoms with van der Waals surface area (Å²) in [7, 11) is 0. The Morgan fingerprint density at radius 2 is 2.10 bits per heavy atom. The zero-order valence-electron chi connectivity index (χ0n) is 12.0. The highest BCUT2D eigenvalue weighted by molar-refractivity contribution is 5.82. The number of aromatic nitrogens is 2. The quantitative estimate of drug-likeness (QED) is 0.601. The molecule has 2 unspecified atom stereocenters. The molecule has 0 bridgehead atoms. The van der Waals surface area contributed by atoms with Gasteiger partial charge in [0, 0.05) is 24.4 Å². The first-order valence-corrected chi connectivity index (χ1v) is 6.71.